The highest BCUT2D eigenvalue weighted by Gasteiger charge is 2.31. The first kappa shape index (κ1) is 18.6. The van der Waals surface area contributed by atoms with Crippen molar-refractivity contribution in [3.63, 3.8) is 0 Å². The SMILES string of the molecule is CN(C)C1CCN(CC(=O)N(Cc2ccc3c(c2)OCO3)C2CCCC2)C1. The van der Waals surface area contributed by atoms with Crippen molar-refractivity contribution in [1.82, 2.24) is 14.7 Å². The van der Waals surface area contributed by atoms with Gasteiger partial charge < -0.3 is 19.3 Å². The van der Waals surface area contributed by atoms with Gasteiger partial charge in [0.15, 0.2) is 11.5 Å². The highest BCUT2D eigenvalue weighted by molar-refractivity contribution is 5.78. The van der Waals surface area contributed by atoms with Crippen molar-refractivity contribution in [2.75, 3.05) is 40.5 Å². The first-order chi connectivity index (χ1) is 13.1. The summed E-state index contributed by atoms with van der Waals surface area (Å²) in [5.41, 5.74) is 1.12. The van der Waals surface area contributed by atoms with Crippen LogP contribution in [0, 0.1) is 0 Å². The lowest BCUT2D eigenvalue weighted by Gasteiger charge is -2.31. The number of hydrogen-bond donors (Lipinski definition) is 0. The molecule has 1 saturated heterocycles. The number of benzene rings is 1. The fraction of sp³-hybridized carbons (Fsp3) is 0.667. The molecule has 1 unspecified atom stereocenters. The van der Waals surface area contributed by atoms with Crippen molar-refractivity contribution < 1.29 is 14.3 Å². The van der Waals surface area contributed by atoms with Crippen molar-refractivity contribution >= 4 is 5.91 Å². The molecule has 1 aliphatic carbocycles. The van der Waals surface area contributed by atoms with Crippen LogP contribution in [-0.4, -0.2) is 73.2 Å². The van der Waals surface area contributed by atoms with Crippen LogP contribution in [-0.2, 0) is 11.3 Å². The average molecular weight is 373 g/mol. The molecule has 1 aromatic rings. The van der Waals surface area contributed by atoms with Gasteiger partial charge in [-0.25, -0.2) is 0 Å². The Bertz CT molecular complexity index is 673. The molecule has 0 aromatic heterocycles. The van der Waals surface area contributed by atoms with Crippen LogP contribution in [0.4, 0.5) is 0 Å². The number of hydrogen-bond acceptors (Lipinski definition) is 5. The number of ether oxygens (including phenoxy) is 2. The standard InChI is InChI=1S/C21H31N3O3/c1-22(2)18-9-10-23(13-18)14-21(25)24(17-5-3-4-6-17)12-16-7-8-19-20(11-16)27-15-26-19/h7-8,11,17-18H,3-6,9-10,12-15H2,1-2H3. The first-order valence-corrected chi connectivity index (χ1v) is 10.2. The third-order valence-corrected chi connectivity index (χ3v) is 6.21. The number of likely N-dealkylation sites (tertiary alicyclic amines) is 1. The smallest absolute Gasteiger partial charge is 0.237 e. The Morgan fingerprint density at radius 1 is 1.11 bits per heavy atom. The van der Waals surface area contributed by atoms with Gasteiger partial charge in [0.1, 0.15) is 0 Å². The molecule has 4 rings (SSSR count). The van der Waals surface area contributed by atoms with Crippen molar-refractivity contribution in [2.45, 2.75) is 50.7 Å². The van der Waals surface area contributed by atoms with Gasteiger partial charge in [0.05, 0.1) is 6.54 Å². The zero-order valence-corrected chi connectivity index (χ0v) is 16.5. The van der Waals surface area contributed by atoms with Gasteiger partial charge in [-0.2, -0.15) is 0 Å². The second-order valence-electron chi connectivity index (χ2n) is 8.29. The van der Waals surface area contributed by atoms with E-state index in [0.717, 1.165) is 49.4 Å². The number of fused-ring (bicyclic) bond motifs is 1. The molecule has 2 aliphatic heterocycles. The Morgan fingerprint density at radius 3 is 2.63 bits per heavy atom. The van der Waals surface area contributed by atoms with E-state index in [0.29, 0.717) is 25.2 Å². The second-order valence-corrected chi connectivity index (χ2v) is 8.29. The Balaban J connectivity index is 1.43. The van der Waals surface area contributed by atoms with E-state index in [1.807, 2.05) is 12.1 Å². The molecule has 27 heavy (non-hydrogen) atoms. The molecule has 0 radical (unpaired) electrons. The zero-order valence-electron chi connectivity index (χ0n) is 16.5. The van der Waals surface area contributed by atoms with Crippen LogP contribution in [0.15, 0.2) is 18.2 Å². The van der Waals surface area contributed by atoms with Gasteiger partial charge in [-0.1, -0.05) is 18.9 Å². The van der Waals surface area contributed by atoms with Crippen molar-refractivity contribution in [1.29, 1.82) is 0 Å². The molecule has 6 nitrogen and oxygen atoms in total. The summed E-state index contributed by atoms with van der Waals surface area (Å²) in [6.45, 7) is 3.47. The first-order valence-electron chi connectivity index (χ1n) is 10.2. The van der Waals surface area contributed by atoms with E-state index >= 15 is 0 Å². The summed E-state index contributed by atoms with van der Waals surface area (Å²) in [6, 6.07) is 6.97. The summed E-state index contributed by atoms with van der Waals surface area (Å²) in [5, 5.41) is 0. The van der Waals surface area contributed by atoms with E-state index in [-0.39, 0.29) is 12.7 Å². The zero-order chi connectivity index (χ0) is 18.8. The summed E-state index contributed by atoms with van der Waals surface area (Å²) in [7, 11) is 4.25. The van der Waals surface area contributed by atoms with E-state index in [1.165, 1.54) is 12.8 Å². The molecule has 0 N–H and O–H groups in total. The monoisotopic (exact) mass is 373 g/mol. The molecule has 2 fully saturated rings. The number of amides is 1. The maximum Gasteiger partial charge on any atom is 0.237 e. The highest BCUT2D eigenvalue weighted by Crippen LogP contribution is 2.33. The quantitative estimate of drug-likeness (QED) is 0.766. The predicted octanol–water partition coefficient (Wildman–Crippen LogP) is 2.32. The van der Waals surface area contributed by atoms with Gasteiger partial charge in [-0.3, -0.25) is 9.69 Å². The van der Waals surface area contributed by atoms with Crippen molar-refractivity contribution in [3.8, 4) is 11.5 Å². The summed E-state index contributed by atoms with van der Waals surface area (Å²) >= 11 is 0. The van der Waals surface area contributed by atoms with Gasteiger partial charge in [-0.05, 0) is 51.1 Å². The fourth-order valence-electron chi connectivity index (χ4n) is 4.53. The molecule has 6 heteroatoms. The number of rotatable bonds is 6. The summed E-state index contributed by atoms with van der Waals surface area (Å²) < 4.78 is 10.9. The van der Waals surface area contributed by atoms with Crippen LogP contribution in [0.3, 0.4) is 0 Å². The van der Waals surface area contributed by atoms with Crippen LogP contribution in [0.5, 0.6) is 11.5 Å². The largest absolute Gasteiger partial charge is 0.454 e. The summed E-state index contributed by atoms with van der Waals surface area (Å²) in [6.07, 6.45) is 5.84. The third kappa shape index (κ3) is 4.22. The lowest BCUT2D eigenvalue weighted by Crippen LogP contribution is -2.44. The van der Waals surface area contributed by atoms with Gasteiger partial charge in [-0.15, -0.1) is 0 Å². The maximum absolute atomic E-state index is 13.2. The van der Waals surface area contributed by atoms with E-state index in [9.17, 15) is 4.79 Å². The van der Waals surface area contributed by atoms with Crippen LogP contribution >= 0.6 is 0 Å². The lowest BCUT2D eigenvalue weighted by molar-refractivity contribution is -0.135. The maximum atomic E-state index is 13.2. The normalized spacial score (nSPS) is 22.7. The van der Waals surface area contributed by atoms with Crippen molar-refractivity contribution in [3.05, 3.63) is 23.8 Å². The van der Waals surface area contributed by atoms with E-state index in [4.69, 9.17) is 9.47 Å². The summed E-state index contributed by atoms with van der Waals surface area (Å²) in [5.74, 6) is 1.85. The topological polar surface area (TPSA) is 45.2 Å². The highest BCUT2D eigenvalue weighted by atomic mass is 16.7. The molecule has 0 bridgehead atoms. The molecule has 148 valence electrons. The second kappa shape index (κ2) is 8.07. The van der Waals surface area contributed by atoms with Gasteiger partial charge in [0.25, 0.3) is 0 Å². The Labute approximate surface area is 162 Å². The van der Waals surface area contributed by atoms with Crippen molar-refractivity contribution in [2.24, 2.45) is 0 Å². The van der Waals surface area contributed by atoms with Gasteiger partial charge in [0, 0.05) is 31.7 Å². The average Bonchev–Trinajstić information content (AvgIpc) is 3.39. The Morgan fingerprint density at radius 2 is 1.89 bits per heavy atom. The molecule has 1 amide bonds. The van der Waals surface area contributed by atoms with Crippen LogP contribution in [0.25, 0.3) is 0 Å². The van der Waals surface area contributed by atoms with Crippen LogP contribution < -0.4 is 9.47 Å². The minimum Gasteiger partial charge on any atom is -0.454 e. The van der Waals surface area contributed by atoms with E-state index in [2.05, 4.69) is 34.9 Å². The van der Waals surface area contributed by atoms with Crippen LogP contribution in [0.1, 0.15) is 37.7 Å². The molecule has 1 aromatic carbocycles. The molecule has 1 saturated carbocycles. The minimum atomic E-state index is 0.263. The van der Waals surface area contributed by atoms with Gasteiger partial charge >= 0.3 is 0 Å². The van der Waals surface area contributed by atoms with Crippen LogP contribution in [0.2, 0.25) is 0 Å². The Hall–Kier alpha value is -1.79. The minimum absolute atomic E-state index is 0.263. The molecule has 3 aliphatic rings. The molecule has 0 spiro atoms. The molecular weight excluding hydrogens is 342 g/mol. The molecule has 1 atom stereocenters. The third-order valence-electron chi connectivity index (χ3n) is 6.21. The predicted molar refractivity (Wildman–Crippen MR) is 104 cm³/mol. The lowest BCUT2D eigenvalue weighted by atomic mass is 10.1. The number of likely N-dealkylation sites (N-methyl/N-ethyl adjacent to an activating group) is 1. The number of carbonyl (C=O) groups is 1. The van der Waals surface area contributed by atoms with E-state index in [1.54, 1.807) is 0 Å². The fourth-order valence-corrected chi connectivity index (χ4v) is 4.53. The summed E-state index contributed by atoms with van der Waals surface area (Å²) in [4.78, 5) is 19.9. The Kier molecular flexibility index (Phi) is 5.55. The van der Waals surface area contributed by atoms with Gasteiger partial charge in [0.2, 0.25) is 12.7 Å². The number of nitrogens with zero attached hydrogens (tertiary/aromatic N) is 3. The van der Waals surface area contributed by atoms with E-state index < -0.39 is 0 Å². The molecule has 2 heterocycles. The molecular formula is C21H31N3O3. The number of carbonyl (C=O) groups excluding carboxylic acids is 1.